The van der Waals surface area contributed by atoms with Gasteiger partial charge in [-0.05, 0) is 30.2 Å². The zero-order valence-electron chi connectivity index (χ0n) is 8.33. The molecule has 0 saturated heterocycles. The molecule has 0 spiro atoms. The molecule has 1 heterocycles. The van der Waals surface area contributed by atoms with Crippen molar-refractivity contribution in [3.63, 3.8) is 0 Å². The molecule has 2 aromatic rings. The molecule has 15 heavy (non-hydrogen) atoms. The minimum atomic E-state index is 0.943. The van der Waals surface area contributed by atoms with E-state index in [0.717, 1.165) is 15.4 Å². The predicted molar refractivity (Wildman–Crippen MR) is 67.0 cm³/mol. The summed E-state index contributed by atoms with van der Waals surface area (Å²) >= 11 is 5.20. The number of hydrogen-bond acceptors (Lipinski definition) is 2. The average molecular weight is 283 g/mol. The van der Waals surface area contributed by atoms with Crippen LogP contribution in [0.4, 0.5) is 0 Å². The molecule has 0 aliphatic carbocycles. The molecule has 0 fully saturated rings. The smallest absolute Gasteiger partial charge is 0.165 e. The van der Waals surface area contributed by atoms with E-state index < -0.39 is 0 Å². The van der Waals surface area contributed by atoms with Crippen LogP contribution in [0.25, 0.3) is 0 Å². The summed E-state index contributed by atoms with van der Waals surface area (Å²) in [5, 5.41) is 0.967. The summed E-state index contributed by atoms with van der Waals surface area (Å²) in [6, 6.07) is 6.35. The van der Waals surface area contributed by atoms with Crippen molar-refractivity contribution in [1.82, 2.24) is 9.97 Å². The Hall–Kier alpha value is -0.740. The number of nitrogens with zero attached hydrogens (tertiary/aromatic N) is 1. The van der Waals surface area contributed by atoms with Gasteiger partial charge in [0.15, 0.2) is 5.16 Å². The first kappa shape index (κ1) is 10.8. The van der Waals surface area contributed by atoms with E-state index in [1.807, 2.05) is 6.20 Å². The summed E-state index contributed by atoms with van der Waals surface area (Å²) < 4.78 is 1.13. The number of rotatable bonds is 3. The number of imidazole rings is 1. The Morgan fingerprint density at radius 3 is 3.07 bits per heavy atom. The fourth-order valence-corrected chi connectivity index (χ4v) is 2.57. The minimum Gasteiger partial charge on any atom is -0.340 e. The van der Waals surface area contributed by atoms with Crippen molar-refractivity contribution in [3.8, 4) is 0 Å². The zero-order valence-corrected chi connectivity index (χ0v) is 10.7. The van der Waals surface area contributed by atoms with Crippen LogP contribution < -0.4 is 0 Å². The molecule has 0 saturated carbocycles. The summed E-state index contributed by atoms with van der Waals surface area (Å²) in [4.78, 5) is 7.26. The maximum Gasteiger partial charge on any atom is 0.165 e. The van der Waals surface area contributed by atoms with Crippen LogP contribution in [0, 0.1) is 6.92 Å². The van der Waals surface area contributed by atoms with Crippen LogP contribution >= 0.6 is 27.7 Å². The van der Waals surface area contributed by atoms with Gasteiger partial charge in [0, 0.05) is 22.6 Å². The van der Waals surface area contributed by atoms with Crippen LogP contribution in [0.5, 0.6) is 0 Å². The van der Waals surface area contributed by atoms with Gasteiger partial charge in [-0.2, -0.15) is 0 Å². The van der Waals surface area contributed by atoms with Gasteiger partial charge >= 0.3 is 0 Å². The van der Waals surface area contributed by atoms with Crippen LogP contribution in [0.1, 0.15) is 11.1 Å². The number of thioether (sulfide) groups is 1. The lowest BCUT2D eigenvalue weighted by Crippen LogP contribution is -1.87. The highest BCUT2D eigenvalue weighted by Gasteiger charge is 2.01. The van der Waals surface area contributed by atoms with Gasteiger partial charge in [-0.3, -0.25) is 0 Å². The summed E-state index contributed by atoms with van der Waals surface area (Å²) in [6.45, 7) is 2.13. The molecule has 0 atom stereocenters. The Morgan fingerprint density at radius 2 is 2.33 bits per heavy atom. The van der Waals surface area contributed by atoms with E-state index in [9.17, 15) is 0 Å². The molecular weight excluding hydrogens is 272 g/mol. The number of halogens is 1. The van der Waals surface area contributed by atoms with E-state index in [2.05, 4.69) is 51.0 Å². The zero-order chi connectivity index (χ0) is 10.7. The molecule has 0 aliphatic heterocycles. The third-order valence-corrected chi connectivity index (χ3v) is 3.59. The van der Waals surface area contributed by atoms with E-state index >= 15 is 0 Å². The van der Waals surface area contributed by atoms with E-state index in [0.29, 0.717) is 0 Å². The Balaban J connectivity index is 2.07. The average Bonchev–Trinajstić information content (AvgIpc) is 2.72. The molecule has 0 aliphatic rings. The lowest BCUT2D eigenvalue weighted by Gasteiger charge is -2.04. The fourth-order valence-electron chi connectivity index (χ4n) is 1.27. The Kier molecular flexibility index (Phi) is 3.49. The highest BCUT2D eigenvalue weighted by Crippen LogP contribution is 2.23. The molecule has 2 nitrogen and oxygen atoms in total. The van der Waals surface area contributed by atoms with E-state index in [1.54, 1.807) is 18.0 Å². The number of hydrogen-bond donors (Lipinski definition) is 1. The molecule has 1 aromatic heterocycles. The quantitative estimate of drug-likeness (QED) is 0.868. The molecule has 1 aromatic carbocycles. The maximum absolute atomic E-state index is 4.18. The summed E-state index contributed by atoms with van der Waals surface area (Å²) in [5.41, 5.74) is 2.66. The second kappa shape index (κ2) is 4.86. The van der Waals surface area contributed by atoms with Crippen molar-refractivity contribution in [1.29, 1.82) is 0 Å². The van der Waals surface area contributed by atoms with Gasteiger partial charge < -0.3 is 4.98 Å². The van der Waals surface area contributed by atoms with Crippen molar-refractivity contribution < 1.29 is 0 Å². The number of benzene rings is 1. The predicted octanol–water partition coefficient (Wildman–Crippen LogP) is 3.77. The van der Waals surface area contributed by atoms with Crippen LogP contribution in [-0.2, 0) is 5.75 Å². The van der Waals surface area contributed by atoms with Gasteiger partial charge in [0.1, 0.15) is 0 Å². The van der Waals surface area contributed by atoms with Crippen molar-refractivity contribution in [2.75, 3.05) is 0 Å². The van der Waals surface area contributed by atoms with Gasteiger partial charge in [-0.1, -0.05) is 33.8 Å². The monoisotopic (exact) mass is 282 g/mol. The highest BCUT2D eigenvalue weighted by atomic mass is 79.9. The number of aromatic amines is 1. The molecule has 4 heteroatoms. The second-order valence-electron chi connectivity index (χ2n) is 3.25. The molecule has 0 bridgehead atoms. The Bertz CT molecular complexity index is 440. The lowest BCUT2D eigenvalue weighted by atomic mass is 10.1. The van der Waals surface area contributed by atoms with Crippen LogP contribution in [-0.4, -0.2) is 9.97 Å². The molecule has 78 valence electrons. The first-order chi connectivity index (χ1) is 7.25. The van der Waals surface area contributed by atoms with E-state index in [4.69, 9.17) is 0 Å². The number of aromatic nitrogens is 2. The molecule has 0 amide bonds. The third-order valence-electron chi connectivity index (χ3n) is 2.15. The van der Waals surface area contributed by atoms with Gasteiger partial charge in [-0.25, -0.2) is 4.98 Å². The first-order valence-electron chi connectivity index (χ1n) is 4.63. The molecular formula is C11H11BrN2S. The van der Waals surface area contributed by atoms with Crippen molar-refractivity contribution in [2.45, 2.75) is 17.8 Å². The van der Waals surface area contributed by atoms with Gasteiger partial charge in [0.25, 0.3) is 0 Å². The summed E-state index contributed by atoms with van der Waals surface area (Å²) in [6.07, 6.45) is 3.62. The second-order valence-corrected chi connectivity index (χ2v) is 5.13. The minimum absolute atomic E-state index is 0.943. The maximum atomic E-state index is 4.18. The summed E-state index contributed by atoms with van der Waals surface area (Å²) in [5.74, 6) is 0.943. The van der Waals surface area contributed by atoms with E-state index in [-0.39, 0.29) is 0 Å². The van der Waals surface area contributed by atoms with Gasteiger partial charge in [0.2, 0.25) is 0 Å². The molecule has 0 unspecified atom stereocenters. The number of aryl methyl sites for hydroxylation is 1. The fraction of sp³-hybridized carbons (Fsp3) is 0.182. The summed E-state index contributed by atoms with van der Waals surface area (Å²) in [7, 11) is 0. The van der Waals surface area contributed by atoms with Crippen molar-refractivity contribution in [3.05, 3.63) is 46.2 Å². The van der Waals surface area contributed by atoms with Crippen LogP contribution in [0.2, 0.25) is 0 Å². The number of nitrogens with one attached hydrogen (secondary N) is 1. The third kappa shape index (κ3) is 2.86. The highest BCUT2D eigenvalue weighted by molar-refractivity contribution is 9.10. The van der Waals surface area contributed by atoms with Crippen LogP contribution in [0.3, 0.4) is 0 Å². The standard InChI is InChI=1S/C11H11BrN2S/c1-8-2-3-10(12)6-9(8)7-15-11-13-4-5-14-11/h2-6H,7H2,1H3,(H,13,14). The van der Waals surface area contributed by atoms with Crippen molar-refractivity contribution in [2.24, 2.45) is 0 Å². The van der Waals surface area contributed by atoms with Crippen LogP contribution in [0.15, 0.2) is 40.2 Å². The first-order valence-corrected chi connectivity index (χ1v) is 6.41. The Labute approximate surface area is 102 Å². The van der Waals surface area contributed by atoms with E-state index in [1.165, 1.54) is 11.1 Å². The molecule has 0 radical (unpaired) electrons. The Morgan fingerprint density at radius 1 is 1.47 bits per heavy atom. The topological polar surface area (TPSA) is 28.7 Å². The largest absolute Gasteiger partial charge is 0.340 e. The van der Waals surface area contributed by atoms with Crippen molar-refractivity contribution >= 4 is 27.7 Å². The molecule has 2 rings (SSSR count). The van der Waals surface area contributed by atoms with Gasteiger partial charge in [-0.15, -0.1) is 0 Å². The lowest BCUT2D eigenvalue weighted by molar-refractivity contribution is 1.06. The van der Waals surface area contributed by atoms with Gasteiger partial charge in [0.05, 0.1) is 0 Å². The SMILES string of the molecule is Cc1ccc(Br)cc1CSc1ncc[nH]1. The normalized spacial score (nSPS) is 10.5. The molecule has 1 N–H and O–H groups in total. The number of H-pyrrole nitrogens is 1.